The number of alkyl halides is 1. The van der Waals surface area contributed by atoms with E-state index in [0.717, 1.165) is 12.8 Å². The van der Waals surface area contributed by atoms with Crippen LogP contribution in [0.25, 0.3) is 0 Å². The molecule has 0 saturated heterocycles. The Kier molecular flexibility index (Phi) is 3.72. The van der Waals surface area contributed by atoms with Gasteiger partial charge in [-0.05, 0) is 49.4 Å². The zero-order valence-corrected chi connectivity index (χ0v) is 12.7. The molecule has 0 nitrogen and oxygen atoms in total. The van der Waals surface area contributed by atoms with Crippen molar-refractivity contribution in [1.82, 2.24) is 0 Å². The van der Waals surface area contributed by atoms with E-state index in [9.17, 15) is 8.78 Å². The molecule has 0 radical (unpaired) electrons. The van der Waals surface area contributed by atoms with Gasteiger partial charge in [-0.1, -0.05) is 22.0 Å². The number of benzene rings is 1. The first-order valence-corrected chi connectivity index (χ1v) is 8.07. The monoisotopic (exact) mass is 342 g/mol. The molecule has 0 spiro atoms. The van der Waals surface area contributed by atoms with E-state index >= 15 is 0 Å². The Morgan fingerprint density at radius 3 is 2.63 bits per heavy atom. The standard InChI is InChI=1S/C15H13BrF2S/c16-11(8-10-12(17)4-2-5-13(10)18)15-7-9-3-1-6-14(9)19-15/h2,4-5,7,11H,1,3,6,8H2. The van der Waals surface area contributed by atoms with Crippen LogP contribution >= 0.6 is 27.3 Å². The van der Waals surface area contributed by atoms with Gasteiger partial charge in [-0.15, -0.1) is 11.3 Å². The van der Waals surface area contributed by atoms with Gasteiger partial charge < -0.3 is 0 Å². The second kappa shape index (κ2) is 5.33. The topological polar surface area (TPSA) is 0 Å². The number of fused-ring (bicyclic) bond motifs is 1. The van der Waals surface area contributed by atoms with E-state index in [2.05, 4.69) is 22.0 Å². The van der Waals surface area contributed by atoms with E-state index in [1.165, 1.54) is 39.9 Å². The third-order valence-electron chi connectivity index (χ3n) is 3.52. The van der Waals surface area contributed by atoms with Gasteiger partial charge in [-0.25, -0.2) is 8.78 Å². The van der Waals surface area contributed by atoms with Crippen molar-refractivity contribution >= 4 is 27.3 Å². The molecule has 0 fully saturated rings. The summed E-state index contributed by atoms with van der Waals surface area (Å²) in [5, 5.41) is 0. The summed E-state index contributed by atoms with van der Waals surface area (Å²) in [5.41, 5.74) is 1.58. The van der Waals surface area contributed by atoms with Crippen LogP contribution < -0.4 is 0 Å². The molecule has 19 heavy (non-hydrogen) atoms. The minimum absolute atomic E-state index is 0.0190. The molecule has 1 aliphatic carbocycles. The first-order chi connectivity index (χ1) is 9.15. The third kappa shape index (κ3) is 2.61. The Hall–Kier alpha value is -0.740. The van der Waals surface area contributed by atoms with E-state index < -0.39 is 11.6 Å². The lowest BCUT2D eigenvalue weighted by Gasteiger charge is -2.09. The van der Waals surface area contributed by atoms with Crippen molar-refractivity contribution in [2.75, 3.05) is 0 Å². The molecular weight excluding hydrogens is 330 g/mol. The molecule has 1 aromatic carbocycles. The lowest BCUT2D eigenvalue weighted by molar-refractivity contribution is 0.554. The zero-order chi connectivity index (χ0) is 13.4. The first-order valence-electron chi connectivity index (χ1n) is 6.33. The number of halogens is 3. The number of aryl methyl sites for hydroxylation is 2. The van der Waals surface area contributed by atoms with Crippen molar-refractivity contribution in [3.8, 4) is 0 Å². The van der Waals surface area contributed by atoms with Crippen LogP contribution in [0, 0.1) is 11.6 Å². The van der Waals surface area contributed by atoms with Gasteiger partial charge in [0.1, 0.15) is 11.6 Å². The van der Waals surface area contributed by atoms with Crippen molar-refractivity contribution < 1.29 is 8.78 Å². The lowest BCUT2D eigenvalue weighted by atomic mass is 10.1. The zero-order valence-electron chi connectivity index (χ0n) is 10.3. The fraction of sp³-hybridized carbons (Fsp3) is 0.333. The first kappa shape index (κ1) is 13.3. The largest absolute Gasteiger partial charge is 0.207 e. The van der Waals surface area contributed by atoms with Crippen LogP contribution in [0.2, 0.25) is 0 Å². The van der Waals surface area contributed by atoms with Crippen LogP contribution in [0.5, 0.6) is 0 Å². The van der Waals surface area contributed by atoms with Crippen molar-refractivity contribution in [1.29, 1.82) is 0 Å². The van der Waals surface area contributed by atoms with Gasteiger partial charge in [-0.2, -0.15) is 0 Å². The van der Waals surface area contributed by atoms with Crippen molar-refractivity contribution in [2.45, 2.75) is 30.5 Å². The molecule has 1 heterocycles. The summed E-state index contributed by atoms with van der Waals surface area (Å²) in [4.78, 5) is 2.59. The predicted octanol–water partition coefficient (Wildman–Crippen LogP) is 5.19. The van der Waals surface area contributed by atoms with Crippen molar-refractivity contribution in [3.63, 3.8) is 0 Å². The number of rotatable bonds is 3. The van der Waals surface area contributed by atoms with E-state index in [0.29, 0.717) is 6.42 Å². The maximum atomic E-state index is 13.6. The Bertz CT molecular complexity index is 564. The van der Waals surface area contributed by atoms with E-state index in [-0.39, 0.29) is 10.4 Å². The smallest absolute Gasteiger partial charge is 0.129 e. The molecule has 100 valence electrons. The Morgan fingerprint density at radius 1 is 1.21 bits per heavy atom. The van der Waals surface area contributed by atoms with Gasteiger partial charge in [0.2, 0.25) is 0 Å². The molecule has 0 bridgehead atoms. The number of hydrogen-bond donors (Lipinski definition) is 0. The molecule has 1 aromatic heterocycles. The summed E-state index contributed by atoms with van der Waals surface area (Å²) in [6.45, 7) is 0. The average Bonchev–Trinajstić information content (AvgIpc) is 2.94. The Labute approximate surface area is 123 Å². The molecule has 0 N–H and O–H groups in total. The summed E-state index contributed by atoms with van der Waals surface area (Å²) >= 11 is 5.34. The van der Waals surface area contributed by atoms with Crippen LogP contribution in [-0.2, 0) is 19.3 Å². The van der Waals surface area contributed by atoms with Crippen LogP contribution in [0.4, 0.5) is 8.78 Å². The molecule has 1 unspecified atom stereocenters. The molecule has 3 rings (SSSR count). The van der Waals surface area contributed by atoms with Crippen LogP contribution in [0.3, 0.4) is 0 Å². The summed E-state index contributed by atoms with van der Waals surface area (Å²) < 4.78 is 27.3. The summed E-state index contributed by atoms with van der Waals surface area (Å²) in [6, 6.07) is 6.21. The highest BCUT2D eigenvalue weighted by Gasteiger charge is 2.21. The Balaban J connectivity index is 1.82. The average molecular weight is 343 g/mol. The highest BCUT2D eigenvalue weighted by atomic mass is 79.9. The molecule has 1 atom stereocenters. The summed E-state index contributed by atoms with van der Waals surface area (Å²) in [5.74, 6) is -0.929. The van der Waals surface area contributed by atoms with Gasteiger partial charge in [0.15, 0.2) is 0 Å². The van der Waals surface area contributed by atoms with Crippen molar-refractivity contribution in [3.05, 3.63) is 56.8 Å². The number of hydrogen-bond acceptors (Lipinski definition) is 1. The maximum Gasteiger partial charge on any atom is 0.129 e. The van der Waals surface area contributed by atoms with E-state index in [1.807, 2.05) is 0 Å². The van der Waals surface area contributed by atoms with Crippen molar-refractivity contribution in [2.24, 2.45) is 0 Å². The van der Waals surface area contributed by atoms with Gasteiger partial charge in [0.25, 0.3) is 0 Å². The van der Waals surface area contributed by atoms with Crippen LogP contribution in [0.15, 0.2) is 24.3 Å². The lowest BCUT2D eigenvalue weighted by Crippen LogP contribution is -2.00. The highest BCUT2D eigenvalue weighted by molar-refractivity contribution is 9.09. The fourth-order valence-corrected chi connectivity index (χ4v) is 4.49. The van der Waals surface area contributed by atoms with E-state index in [4.69, 9.17) is 0 Å². The normalized spacial score (nSPS) is 15.5. The molecule has 0 saturated carbocycles. The quantitative estimate of drug-likeness (QED) is 0.673. The molecule has 0 amide bonds. The van der Waals surface area contributed by atoms with Crippen LogP contribution in [-0.4, -0.2) is 0 Å². The minimum Gasteiger partial charge on any atom is -0.207 e. The van der Waals surface area contributed by atoms with Crippen LogP contribution in [0.1, 0.15) is 32.1 Å². The summed E-state index contributed by atoms with van der Waals surface area (Å²) in [6.07, 6.45) is 3.86. The Morgan fingerprint density at radius 2 is 1.95 bits per heavy atom. The van der Waals surface area contributed by atoms with Gasteiger partial charge in [0, 0.05) is 15.3 Å². The second-order valence-corrected chi connectivity index (χ2v) is 7.10. The predicted molar refractivity (Wildman–Crippen MR) is 78.1 cm³/mol. The molecular formula is C15H13BrF2S. The third-order valence-corrected chi connectivity index (χ3v) is 5.99. The van der Waals surface area contributed by atoms with Gasteiger partial charge >= 0.3 is 0 Å². The number of thiophene rings is 1. The SMILES string of the molecule is Fc1cccc(F)c1CC(Br)c1cc2c(s1)CCC2. The second-order valence-electron chi connectivity index (χ2n) is 4.82. The highest BCUT2D eigenvalue weighted by Crippen LogP contribution is 2.38. The fourth-order valence-electron chi connectivity index (χ4n) is 2.51. The van der Waals surface area contributed by atoms with Gasteiger partial charge in [0.05, 0.1) is 4.83 Å². The molecule has 0 aliphatic heterocycles. The molecule has 2 aromatic rings. The summed E-state index contributed by atoms with van der Waals surface area (Å²) in [7, 11) is 0. The van der Waals surface area contributed by atoms with E-state index in [1.54, 1.807) is 11.3 Å². The maximum absolute atomic E-state index is 13.6. The minimum atomic E-state index is -0.464. The molecule has 4 heteroatoms. The van der Waals surface area contributed by atoms with Gasteiger partial charge in [-0.3, -0.25) is 0 Å². The molecule has 1 aliphatic rings.